The van der Waals surface area contributed by atoms with E-state index in [9.17, 15) is 4.79 Å². The number of rotatable bonds is 6. The van der Waals surface area contributed by atoms with E-state index in [1.165, 1.54) is 4.88 Å². The second-order valence-corrected chi connectivity index (χ2v) is 5.86. The van der Waals surface area contributed by atoms with Gasteiger partial charge in [0.1, 0.15) is 0 Å². The van der Waals surface area contributed by atoms with Crippen molar-refractivity contribution in [3.63, 3.8) is 0 Å². The molecule has 1 amide bonds. The molecule has 4 nitrogen and oxygen atoms in total. The van der Waals surface area contributed by atoms with Crippen LogP contribution in [0, 0.1) is 0 Å². The van der Waals surface area contributed by atoms with Gasteiger partial charge in [-0.15, -0.1) is 11.3 Å². The van der Waals surface area contributed by atoms with E-state index in [1.54, 1.807) is 11.3 Å². The molecule has 1 aliphatic heterocycles. The van der Waals surface area contributed by atoms with Crippen molar-refractivity contribution in [3.8, 4) is 0 Å². The third-order valence-corrected chi connectivity index (χ3v) is 4.49. The molecule has 0 unspecified atom stereocenters. The zero-order valence-electron chi connectivity index (χ0n) is 11.4. The van der Waals surface area contributed by atoms with E-state index in [-0.39, 0.29) is 5.91 Å². The molecule has 0 saturated carbocycles. The molecule has 2 heterocycles. The molecule has 106 valence electrons. The number of nitrogens with one attached hydrogen (secondary N) is 2. The lowest BCUT2D eigenvalue weighted by atomic mass is 10.1. The normalized spacial score (nSPS) is 16.5. The fraction of sp³-hybridized carbons (Fsp3) is 0.643. The summed E-state index contributed by atoms with van der Waals surface area (Å²) in [6.07, 6.45) is 3.47. The van der Waals surface area contributed by atoms with Crippen molar-refractivity contribution in [2.45, 2.75) is 32.3 Å². The van der Waals surface area contributed by atoms with Crippen LogP contribution in [-0.2, 0) is 11.2 Å². The van der Waals surface area contributed by atoms with Gasteiger partial charge in [0.05, 0.1) is 17.6 Å². The van der Waals surface area contributed by atoms with E-state index < -0.39 is 0 Å². The molecule has 1 fully saturated rings. The van der Waals surface area contributed by atoms with Crippen LogP contribution in [-0.4, -0.2) is 38.3 Å². The van der Waals surface area contributed by atoms with Crippen LogP contribution < -0.4 is 10.6 Å². The van der Waals surface area contributed by atoms with Crippen LogP contribution >= 0.6 is 11.3 Å². The maximum absolute atomic E-state index is 11.9. The van der Waals surface area contributed by atoms with E-state index in [4.69, 9.17) is 4.74 Å². The molecule has 0 atom stereocenters. The molecule has 1 aromatic rings. The zero-order chi connectivity index (χ0) is 13.5. The van der Waals surface area contributed by atoms with Gasteiger partial charge in [-0.25, -0.2) is 0 Å². The van der Waals surface area contributed by atoms with E-state index in [1.807, 2.05) is 12.1 Å². The van der Waals surface area contributed by atoms with E-state index in [0.717, 1.165) is 37.2 Å². The SMILES string of the molecule is CCc1ccc(C(=O)NCCOC2CCNCC2)s1. The van der Waals surface area contributed by atoms with Crippen molar-refractivity contribution in [2.24, 2.45) is 0 Å². The molecule has 0 aliphatic carbocycles. The molecule has 5 heteroatoms. The van der Waals surface area contributed by atoms with Gasteiger partial charge < -0.3 is 15.4 Å². The molecule has 2 rings (SSSR count). The number of hydrogen-bond donors (Lipinski definition) is 2. The van der Waals surface area contributed by atoms with Crippen LogP contribution in [0.25, 0.3) is 0 Å². The highest BCUT2D eigenvalue weighted by Crippen LogP contribution is 2.16. The van der Waals surface area contributed by atoms with Gasteiger partial charge in [-0.05, 0) is 44.5 Å². The first-order valence-electron chi connectivity index (χ1n) is 6.99. The number of amides is 1. The molecule has 0 aromatic carbocycles. The van der Waals surface area contributed by atoms with Crippen molar-refractivity contribution >= 4 is 17.2 Å². The van der Waals surface area contributed by atoms with E-state index in [0.29, 0.717) is 19.3 Å². The maximum atomic E-state index is 11.9. The Balaban J connectivity index is 1.63. The van der Waals surface area contributed by atoms with Gasteiger partial charge in [-0.1, -0.05) is 6.92 Å². The molecule has 2 N–H and O–H groups in total. The lowest BCUT2D eigenvalue weighted by Gasteiger charge is -2.22. The van der Waals surface area contributed by atoms with E-state index in [2.05, 4.69) is 17.6 Å². The van der Waals surface area contributed by atoms with Crippen LogP contribution in [0.1, 0.15) is 34.3 Å². The van der Waals surface area contributed by atoms with Crippen molar-refractivity contribution in [1.29, 1.82) is 0 Å². The third-order valence-electron chi connectivity index (χ3n) is 3.26. The summed E-state index contributed by atoms with van der Waals surface area (Å²) in [6.45, 7) is 5.35. The van der Waals surface area contributed by atoms with E-state index >= 15 is 0 Å². The van der Waals surface area contributed by atoms with Crippen LogP contribution in [0.15, 0.2) is 12.1 Å². The first-order chi connectivity index (χ1) is 9.29. The monoisotopic (exact) mass is 282 g/mol. The topological polar surface area (TPSA) is 50.4 Å². The highest BCUT2D eigenvalue weighted by atomic mass is 32.1. The van der Waals surface area contributed by atoms with Gasteiger partial charge >= 0.3 is 0 Å². The number of hydrogen-bond acceptors (Lipinski definition) is 4. The Labute approximate surface area is 118 Å². The van der Waals surface area contributed by atoms with Crippen molar-refractivity contribution < 1.29 is 9.53 Å². The van der Waals surface area contributed by atoms with Gasteiger partial charge in [-0.2, -0.15) is 0 Å². The quantitative estimate of drug-likeness (QED) is 0.782. The largest absolute Gasteiger partial charge is 0.376 e. The average Bonchev–Trinajstić information content (AvgIpc) is 2.93. The molecule has 0 bridgehead atoms. The summed E-state index contributed by atoms with van der Waals surface area (Å²) in [6, 6.07) is 3.91. The van der Waals surface area contributed by atoms with Gasteiger partial charge in [-0.3, -0.25) is 4.79 Å². The minimum Gasteiger partial charge on any atom is -0.376 e. The highest BCUT2D eigenvalue weighted by molar-refractivity contribution is 7.14. The standard InChI is InChI=1S/C14H22N2O2S/c1-2-12-3-4-13(19-12)14(17)16-9-10-18-11-5-7-15-8-6-11/h3-4,11,15H,2,5-10H2,1H3,(H,16,17). The predicted octanol–water partition coefficient (Wildman–Crippen LogP) is 1.81. The molecule has 0 radical (unpaired) electrons. The molecule has 0 spiro atoms. The highest BCUT2D eigenvalue weighted by Gasteiger charge is 2.13. The molecule has 1 aliphatic rings. The smallest absolute Gasteiger partial charge is 0.261 e. The van der Waals surface area contributed by atoms with Crippen LogP contribution in [0.3, 0.4) is 0 Å². The Morgan fingerprint density at radius 2 is 2.26 bits per heavy atom. The molecular formula is C14H22N2O2S. The van der Waals surface area contributed by atoms with Gasteiger partial charge in [0.25, 0.3) is 5.91 Å². The minimum absolute atomic E-state index is 0.0126. The second kappa shape index (κ2) is 7.62. The number of aryl methyl sites for hydroxylation is 1. The Bertz CT molecular complexity index is 400. The Kier molecular flexibility index (Phi) is 5.82. The summed E-state index contributed by atoms with van der Waals surface area (Å²) < 4.78 is 5.74. The van der Waals surface area contributed by atoms with Gasteiger partial charge in [0, 0.05) is 11.4 Å². The predicted molar refractivity (Wildman–Crippen MR) is 77.9 cm³/mol. The Hall–Kier alpha value is -0.910. The van der Waals surface area contributed by atoms with Crippen LogP contribution in [0.5, 0.6) is 0 Å². The number of carbonyl (C=O) groups excluding carboxylic acids is 1. The Morgan fingerprint density at radius 3 is 2.95 bits per heavy atom. The van der Waals surface area contributed by atoms with Crippen LogP contribution in [0.4, 0.5) is 0 Å². The summed E-state index contributed by atoms with van der Waals surface area (Å²) in [5.74, 6) is 0.0126. The first kappa shape index (κ1) is 14.5. The summed E-state index contributed by atoms with van der Waals surface area (Å²) in [5.41, 5.74) is 0. The molecule has 19 heavy (non-hydrogen) atoms. The van der Waals surface area contributed by atoms with Gasteiger partial charge in [0.15, 0.2) is 0 Å². The average molecular weight is 282 g/mol. The van der Waals surface area contributed by atoms with Crippen molar-refractivity contribution in [2.75, 3.05) is 26.2 Å². The summed E-state index contributed by atoms with van der Waals surface area (Å²) in [5, 5.41) is 6.21. The Morgan fingerprint density at radius 1 is 1.47 bits per heavy atom. The zero-order valence-corrected chi connectivity index (χ0v) is 12.2. The lowest BCUT2D eigenvalue weighted by Crippen LogP contribution is -2.34. The molecular weight excluding hydrogens is 260 g/mol. The minimum atomic E-state index is 0.0126. The number of carbonyl (C=O) groups is 1. The fourth-order valence-electron chi connectivity index (χ4n) is 2.13. The summed E-state index contributed by atoms with van der Waals surface area (Å²) in [4.78, 5) is 13.9. The molecule has 1 aromatic heterocycles. The van der Waals surface area contributed by atoms with Crippen molar-refractivity contribution in [1.82, 2.24) is 10.6 Å². The lowest BCUT2D eigenvalue weighted by molar-refractivity contribution is 0.0343. The first-order valence-corrected chi connectivity index (χ1v) is 7.80. The number of thiophene rings is 1. The third kappa shape index (κ3) is 4.60. The van der Waals surface area contributed by atoms with Crippen molar-refractivity contribution in [3.05, 3.63) is 21.9 Å². The number of ether oxygens (including phenoxy) is 1. The second-order valence-electron chi connectivity index (χ2n) is 4.70. The van der Waals surface area contributed by atoms with Crippen LogP contribution in [0.2, 0.25) is 0 Å². The fourth-order valence-corrected chi connectivity index (χ4v) is 2.99. The van der Waals surface area contributed by atoms with Gasteiger partial charge in [0.2, 0.25) is 0 Å². The number of piperidine rings is 1. The maximum Gasteiger partial charge on any atom is 0.261 e. The molecule has 1 saturated heterocycles. The summed E-state index contributed by atoms with van der Waals surface area (Å²) >= 11 is 1.57. The summed E-state index contributed by atoms with van der Waals surface area (Å²) in [7, 11) is 0.